The van der Waals surface area contributed by atoms with Crippen LogP contribution in [-0.2, 0) is 30.4 Å². The Bertz CT molecular complexity index is 574. The fraction of sp³-hybridized carbons (Fsp3) is 0.750. The number of nitrogens with zero attached hydrogens (tertiary/aromatic N) is 2. The molecule has 0 atom stereocenters. The SMILES string of the molecule is O=C(NCCn1nc(C(F)(F)F)c2c1CCCC2)C1CCCC1. The molecule has 7 heteroatoms. The lowest BCUT2D eigenvalue weighted by Crippen LogP contribution is -2.32. The Labute approximate surface area is 133 Å². The maximum absolute atomic E-state index is 13.1. The zero-order valence-electron chi connectivity index (χ0n) is 13.1. The molecule has 0 saturated heterocycles. The second-order valence-electron chi connectivity index (χ2n) is 6.47. The molecule has 0 spiro atoms. The molecular formula is C16H22F3N3O. The summed E-state index contributed by atoms with van der Waals surface area (Å²) in [5.41, 5.74) is 0.305. The van der Waals surface area contributed by atoms with Gasteiger partial charge in [0.2, 0.25) is 5.91 Å². The van der Waals surface area contributed by atoms with Gasteiger partial charge in [0.1, 0.15) is 0 Å². The number of aromatic nitrogens is 2. The molecule has 2 aliphatic carbocycles. The van der Waals surface area contributed by atoms with Crippen LogP contribution in [0, 0.1) is 5.92 Å². The van der Waals surface area contributed by atoms with Crippen molar-refractivity contribution in [3.63, 3.8) is 0 Å². The zero-order valence-corrected chi connectivity index (χ0v) is 13.1. The van der Waals surface area contributed by atoms with Crippen LogP contribution in [0.3, 0.4) is 0 Å². The molecule has 1 saturated carbocycles. The number of fused-ring (bicyclic) bond motifs is 1. The van der Waals surface area contributed by atoms with Crippen LogP contribution < -0.4 is 5.32 Å². The van der Waals surface area contributed by atoms with Crippen molar-refractivity contribution < 1.29 is 18.0 Å². The van der Waals surface area contributed by atoms with Gasteiger partial charge in [-0.05, 0) is 38.5 Å². The van der Waals surface area contributed by atoms with Crippen LogP contribution in [0.1, 0.15) is 55.5 Å². The third kappa shape index (κ3) is 3.53. The lowest BCUT2D eigenvalue weighted by Gasteiger charge is -2.15. The molecule has 3 rings (SSSR count). The average Bonchev–Trinajstić information content (AvgIpc) is 3.14. The van der Waals surface area contributed by atoms with Gasteiger partial charge in [-0.3, -0.25) is 9.48 Å². The maximum Gasteiger partial charge on any atom is 0.435 e. The molecule has 1 heterocycles. The summed E-state index contributed by atoms with van der Waals surface area (Å²) in [6.45, 7) is 0.637. The molecule has 2 aliphatic rings. The Morgan fingerprint density at radius 1 is 1.17 bits per heavy atom. The normalized spacial score (nSPS) is 18.9. The predicted octanol–water partition coefficient (Wildman–Crippen LogP) is 3.09. The molecule has 1 fully saturated rings. The maximum atomic E-state index is 13.1. The highest BCUT2D eigenvalue weighted by atomic mass is 19.4. The number of hydrogen-bond acceptors (Lipinski definition) is 2. The Morgan fingerprint density at radius 2 is 1.87 bits per heavy atom. The smallest absolute Gasteiger partial charge is 0.354 e. The van der Waals surface area contributed by atoms with Crippen molar-refractivity contribution in [2.45, 2.75) is 64.1 Å². The van der Waals surface area contributed by atoms with Crippen molar-refractivity contribution >= 4 is 5.91 Å². The van der Waals surface area contributed by atoms with E-state index in [1.54, 1.807) is 0 Å². The van der Waals surface area contributed by atoms with Gasteiger partial charge in [0.25, 0.3) is 0 Å². The number of carbonyl (C=O) groups excluding carboxylic acids is 1. The molecule has 0 aliphatic heterocycles. The van der Waals surface area contributed by atoms with Gasteiger partial charge in [-0.1, -0.05) is 12.8 Å². The van der Waals surface area contributed by atoms with Crippen LogP contribution >= 0.6 is 0 Å². The van der Waals surface area contributed by atoms with Gasteiger partial charge in [0.05, 0.1) is 6.54 Å². The molecule has 1 aromatic rings. The van der Waals surface area contributed by atoms with E-state index in [0.717, 1.165) is 38.5 Å². The largest absolute Gasteiger partial charge is 0.435 e. The molecule has 23 heavy (non-hydrogen) atoms. The lowest BCUT2D eigenvalue weighted by atomic mass is 9.95. The minimum Gasteiger partial charge on any atom is -0.354 e. The van der Waals surface area contributed by atoms with E-state index in [1.165, 1.54) is 4.68 Å². The van der Waals surface area contributed by atoms with E-state index in [-0.39, 0.29) is 11.8 Å². The van der Waals surface area contributed by atoms with Crippen LogP contribution in [0.2, 0.25) is 0 Å². The number of halogens is 3. The molecule has 4 nitrogen and oxygen atoms in total. The predicted molar refractivity (Wildman–Crippen MR) is 78.8 cm³/mol. The van der Waals surface area contributed by atoms with Gasteiger partial charge in [0.15, 0.2) is 5.69 Å². The second-order valence-corrected chi connectivity index (χ2v) is 6.47. The number of nitrogens with one attached hydrogen (secondary N) is 1. The summed E-state index contributed by atoms with van der Waals surface area (Å²) < 4.78 is 40.7. The first kappa shape index (κ1) is 16.3. The number of amides is 1. The summed E-state index contributed by atoms with van der Waals surface area (Å²) in [6, 6.07) is 0. The fourth-order valence-electron chi connectivity index (χ4n) is 3.70. The Balaban J connectivity index is 1.65. The van der Waals surface area contributed by atoms with Crippen LogP contribution in [0.15, 0.2) is 0 Å². The van der Waals surface area contributed by atoms with E-state index < -0.39 is 11.9 Å². The molecule has 0 aromatic carbocycles. The monoisotopic (exact) mass is 329 g/mol. The van der Waals surface area contributed by atoms with E-state index in [9.17, 15) is 18.0 Å². The minimum absolute atomic E-state index is 0.0274. The standard InChI is InChI=1S/C16H22F3N3O/c17-16(18,19)14-12-7-3-4-8-13(12)22(21-14)10-9-20-15(23)11-5-1-2-6-11/h11H,1-10H2,(H,20,23). The number of hydrogen-bond donors (Lipinski definition) is 1. The minimum atomic E-state index is -4.40. The molecule has 0 radical (unpaired) electrons. The van der Waals surface area contributed by atoms with E-state index in [2.05, 4.69) is 10.4 Å². The summed E-state index contributed by atoms with van der Waals surface area (Å²) in [4.78, 5) is 12.0. The van der Waals surface area contributed by atoms with Crippen molar-refractivity contribution in [2.24, 2.45) is 5.92 Å². The summed E-state index contributed by atoms with van der Waals surface area (Å²) >= 11 is 0. The molecule has 0 unspecified atom stereocenters. The van der Waals surface area contributed by atoms with Gasteiger partial charge in [-0.15, -0.1) is 0 Å². The van der Waals surface area contributed by atoms with Crippen molar-refractivity contribution in [3.05, 3.63) is 17.0 Å². The highest BCUT2D eigenvalue weighted by molar-refractivity contribution is 5.78. The molecule has 0 bridgehead atoms. The van der Waals surface area contributed by atoms with E-state index in [4.69, 9.17) is 0 Å². The number of rotatable bonds is 4. The first-order chi connectivity index (χ1) is 11.0. The van der Waals surface area contributed by atoms with Crippen molar-refractivity contribution in [3.8, 4) is 0 Å². The van der Waals surface area contributed by atoms with Gasteiger partial charge >= 0.3 is 6.18 Å². The van der Waals surface area contributed by atoms with Crippen LogP contribution in [0.4, 0.5) is 13.2 Å². The quantitative estimate of drug-likeness (QED) is 0.923. The van der Waals surface area contributed by atoms with Crippen LogP contribution in [0.25, 0.3) is 0 Å². The summed E-state index contributed by atoms with van der Waals surface area (Å²) in [5, 5.41) is 6.64. The van der Waals surface area contributed by atoms with Crippen molar-refractivity contribution in [1.29, 1.82) is 0 Å². The molecule has 128 valence electrons. The second kappa shape index (κ2) is 6.53. The summed E-state index contributed by atoms with van der Waals surface area (Å²) in [5.74, 6) is 0.104. The van der Waals surface area contributed by atoms with E-state index in [1.807, 2.05) is 0 Å². The van der Waals surface area contributed by atoms with Crippen LogP contribution in [0.5, 0.6) is 0 Å². The Kier molecular flexibility index (Phi) is 4.64. The highest BCUT2D eigenvalue weighted by Gasteiger charge is 2.39. The van der Waals surface area contributed by atoms with Gasteiger partial charge in [-0.25, -0.2) is 0 Å². The van der Waals surface area contributed by atoms with Crippen LogP contribution in [-0.4, -0.2) is 22.2 Å². The zero-order chi connectivity index (χ0) is 16.4. The molecule has 1 aromatic heterocycles. The van der Waals surface area contributed by atoms with Crippen molar-refractivity contribution in [1.82, 2.24) is 15.1 Å². The van der Waals surface area contributed by atoms with Gasteiger partial charge in [-0.2, -0.15) is 18.3 Å². The number of alkyl halides is 3. The molecule has 1 N–H and O–H groups in total. The molecular weight excluding hydrogens is 307 g/mol. The number of carbonyl (C=O) groups is 1. The average molecular weight is 329 g/mol. The van der Waals surface area contributed by atoms with E-state index in [0.29, 0.717) is 37.2 Å². The fourth-order valence-corrected chi connectivity index (χ4v) is 3.70. The first-order valence-corrected chi connectivity index (χ1v) is 8.40. The highest BCUT2D eigenvalue weighted by Crippen LogP contribution is 2.35. The van der Waals surface area contributed by atoms with E-state index >= 15 is 0 Å². The third-order valence-electron chi connectivity index (χ3n) is 4.87. The summed E-state index contributed by atoms with van der Waals surface area (Å²) in [6.07, 6.45) is 2.35. The Morgan fingerprint density at radius 3 is 2.57 bits per heavy atom. The summed E-state index contributed by atoms with van der Waals surface area (Å²) in [7, 11) is 0. The lowest BCUT2D eigenvalue weighted by molar-refractivity contribution is -0.142. The van der Waals surface area contributed by atoms with Gasteiger partial charge < -0.3 is 5.32 Å². The topological polar surface area (TPSA) is 46.9 Å². The third-order valence-corrected chi connectivity index (χ3v) is 4.87. The molecule has 1 amide bonds. The Hall–Kier alpha value is -1.53. The van der Waals surface area contributed by atoms with Gasteiger partial charge in [0, 0.05) is 23.7 Å². The first-order valence-electron chi connectivity index (χ1n) is 8.40. The van der Waals surface area contributed by atoms with Crippen molar-refractivity contribution in [2.75, 3.05) is 6.54 Å².